The van der Waals surface area contributed by atoms with Gasteiger partial charge in [0.15, 0.2) is 0 Å². The SMILES string of the molecule is Cc1ccc(-n2nc(C)c(NC(=O)Nc3ccc(Cl)cc3)c2C)cc1. The Labute approximate surface area is 151 Å². The standard InChI is InChI=1S/C19H19ClN4O/c1-12-4-10-17(11-5-12)24-14(3)18(13(2)23-24)22-19(25)21-16-8-6-15(20)7-9-16/h4-11H,1-3H3,(H2,21,22,25). The Kier molecular flexibility index (Phi) is 4.76. The molecule has 2 amide bonds. The van der Waals surface area contributed by atoms with Crippen LogP contribution in [0.4, 0.5) is 16.2 Å². The number of rotatable bonds is 3. The fourth-order valence-corrected chi connectivity index (χ4v) is 2.70. The average molecular weight is 355 g/mol. The van der Waals surface area contributed by atoms with E-state index in [0.717, 1.165) is 17.1 Å². The third-order valence-corrected chi connectivity index (χ3v) is 4.16. The first-order valence-electron chi connectivity index (χ1n) is 7.91. The van der Waals surface area contributed by atoms with E-state index >= 15 is 0 Å². The summed E-state index contributed by atoms with van der Waals surface area (Å²) in [6.45, 7) is 5.84. The Balaban J connectivity index is 1.79. The minimum absolute atomic E-state index is 0.322. The number of carbonyl (C=O) groups is 1. The second-order valence-electron chi connectivity index (χ2n) is 5.88. The molecule has 0 fully saturated rings. The molecule has 0 saturated carbocycles. The van der Waals surface area contributed by atoms with Crippen LogP contribution in [-0.2, 0) is 0 Å². The van der Waals surface area contributed by atoms with Crippen molar-refractivity contribution in [3.05, 3.63) is 70.5 Å². The predicted octanol–water partition coefficient (Wildman–Crippen LogP) is 5.09. The van der Waals surface area contributed by atoms with Crippen molar-refractivity contribution >= 4 is 29.0 Å². The van der Waals surface area contributed by atoms with E-state index in [0.29, 0.717) is 16.4 Å². The van der Waals surface area contributed by atoms with Crippen molar-refractivity contribution in [1.82, 2.24) is 9.78 Å². The van der Waals surface area contributed by atoms with Crippen LogP contribution in [0.25, 0.3) is 5.69 Å². The molecule has 0 unspecified atom stereocenters. The van der Waals surface area contributed by atoms with Crippen LogP contribution in [0.1, 0.15) is 17.0 Å². The molecule has 0 atom stereocenters. The van der Waals surface area contributed by atoms with Gasteiger partial charge in [0.25, 0.3) is 0 Å². The lowest BCUT2D eigenvalue weighted by Gasteiger charge is -2.09. The molecule has 0 bridgehead atoms. The molecule has 2 aromatic carbocycles. The van der Waals surface area contributed by atoms with Crippen molar-refractivity contribution in [2.24, 2.45) is 0 Å². The molecule has 0 aliphatic rings. The number of halogens is 1. The number of carbonyl (C=O) groups excluding carboxylic acids is 1. The summed E-state index contributed by atoms with van der Waals surface area (Å²) in [7, 11) is 0. The Morgan fingerprint density at radius 1 is 0.960 bits per heavy atom. The van der Waals surface area contributed by atoms with Gasteiger partial charge < -0.3 is 10.6 Å². The molecule has 0 radical (unpaired) electrons. The normalized spacial score (nSPS) is 10.6. The van der Waals surface area contributed by atoms with Crippen molar-refractivity contribution in [3.63, 3.8) is 0 Å². The van der Waals surface area contributed by atoms with Crippen molar-refractivity contribution < 1.29 is 4.79 Å². The maximum Gasteiger partial charge on any atom is 0.323 e. The molecule has 0 saturated heterocycles. The summed E-state index contributed by atoms with van der Waals surface area (Å²) in [6, 6.07) is 14.7. The molecule has 1 heterocycles. The summed E-state index contributed by atoms with van der Waals surface area (Å²) in [4.78, 5) is 12.3. The van der Waals surface area contributed by atoms with E-state index in [-0.39, 0.29) is 6.03 Å². The summed E-state index contributed by atoms with van der Waals surface area (Å²) in [5.74, 6) is 0. The summed E-state index contributed by atoms with van der Waals surface area (Å²) >= 11 is 5.85. The predicted molar refractivity (Wildman–Crippen MR) is 102 cm³/mol. The fourth-order valence-electron chi connectivity index (χ4n) is 2.57. The maximum atomic E-state index is 12.3. The number of anilines is 2. The van der Waals surface area contributed by atoms with Crippen molar-refractivity contribution in [1.29, 1.82) is 0 Å². The molecule has 25 heavy (non-hydrogen) atoms. The van der Waals surface area contributed by atoms with Crippen LogP contribution in [0, 0.1) is 20.8 Å². The number of aromatic nitrogens is 2. The van der Waals surface area contributed by atoms with Crippen LogP contribution in [0.3, 0.4) is 0 Å². The zero-order valence-electron chi connectivity index (χ0n) is 14.3. The number of benzene rings is 2. The summed E-state index contributed by atoms with van der Waals surface area (Å²) < 4.78 is 1.83. The van der Waals surface area contributed by atoms with Gasteiger partial charge in [-0.3, -0.25) is 0 Å². The third-order valence-electron chi connectivity index (χ3n) is 3.91. The van der Waals surface area contributed by atoms with E-state index in [1.807, 2.05) is 49.7 Å². The highest BCUT2D eigenvalue weighted by Crippen LogP contribution is 2.23. The number of nitrogens with zero attached hydrogens (tertiary/aromatic N) is 2. The first-order chi connectivity index (χ1) is 11.9. The monoisotopic (exact) mass is 354 g/mol. The van der Waals surface area contributed by atoms with Crippen molar-refractivity contribution in [2.45, 2.75) is 20.8 Å². The van der Waals surface area contributed by atoms with Gasteiger partial charge in [0.2, 0.25) is 0 Å². The van der Waals surface area contributed by atoms with Crippen LogP contribution in [0.5, 0.6) is 0 Å². The van der Waals surface area contributed by atoms with E-state index in [9.17, 15) is 4.79 Å². The highest BCUT2D eigenvalue weighted by Gasteiger charge is 2.15. The Hall–Kier alpha value is -2.79. The van der Waals surface area contributed by atoms with Gasteiger partial charge in [-0.05, 0) is 57.2 Å². The number of amides is 2. The molecule has 0 spiro atoms. The van der Waals surface area contributed by atoms with Crippen molar-refractivity contribution in [2.75, 3.05) is 10.6 Å². The van der Waals surface area contributed by atoms with Gasteiger partial charge in [0.1, 0.15) is 0 Å². The van der Waals surface area contributed by atoms with Gasteiger partial charge in [0, 0.05) is 10.7 Å². The summed E-state index contributed by atoms with van der Waals surface area (Å²) in [5.41, 5.74) is 5.13. The number of nitrogens with one attached hydrogen (secondary N) is 2. The van der Waals surface area contributed by atoms with Crippen LogP contribution in [0.2, 0.25) is 5.02 Å². The van der Waals surface area contributed by atoms with E-state index in [1.54, 1.807) is 24.3 Å². The summed E-state index contributed by atoms with van der Waals surface area (Å²) in [5, 5.41) is 10.8. The molecule has 6 heteroatoms. The number of urea groups is 1. The number of hydrogen-bond acceptors (Lipinski definition) is 2. The zero-order chi connectivity index (χ0) is 18.0. The lowest BCUT2D eigenvalue weighted by molar-refractivity contribution is 0.262. The molecule has 128 valence electrons. The molecular formula is C19H19ClN4O. The lowest BCUT2D eigenvalue weighted by Crippen LogP contribution is -2.20. The number of hydrogen-bond donors (Lipinski definition) is 2. The van der Waals surface area contributed by atoms with Crippen LogP contribution in [-0.4, -0.2) is 15.8 Å². The third kappa shape index (κ3) is 3.83. The first-order valence-corrected chi connectivity index (χ1v) is 8.28. The largest absolute Gasteiger partial charge is 0.323 e. The first kappa shape index (κ1) is 17.0. The lowest BCUT2D eigenvalue weighted by atomic mass is 10.2. The maximum absolute atomic E-state index is 12.3. The topological polar surface area (TPSA) is 59.0 Å². The van der Waals surface area contributed by atoms with Gasteiger partial charge in [-0.2, -0.15) is 5.10 Å². The molecule has 2 N–H and O–H groups in total. The Morgan fingerprint density at radius 3 is 2.24 bits per heavy atom. The highest BCUT2D eigenvalue weighted by atomic mass is 35.5. The molecule has 1 aromatic heterocycles. The molecule has 3 rings (SSSR count). The molecule has 3 aromatic rings. The Bertz CT molecular complexity index is 898. The van der Waals surface area contributed by atoms with Gasteiger partial charge in [-0.25, -0.2) is 9.48 Å². The van der Waals surface area contributed by atoms with E-state index < -0.39 is 0 Å². The average Bonchev–Trinajstić information content (AvgIpc) is 2.86. The van der Waals surface area contributed by atoms with Crippen LogP contribution >= 0.6 is 11.6 Å². The van der Waals surface area contributed by atoms with E-state index in [2.05, 4.69) is 15.7 Å². The minimum atomic E-state index is -0.322. The van der Waals surface area contributed by atoms with E-state index in [4.69, 9.17) is 11.6 Å². The number of aryl methyl sites for hydroxylation is 2. The highest BCUT2D eigenvalue weighted by molar-refractivity contribution is 6.30. The zero-order valence-corrected chi connectivity index (χ0v) is 15.1. The molecular weight excluding hydrogens is 336 g/mol. The quantitative estimate of drug-likeness (QED) is 0.687. The van der Waals surface area contributed by atoms with Gasteiger partial charge in [-0.1, -0.05) is 29.3 Å². The van der Waals surface area contributed by atoms with Crippen LogP contribution < -0.4 is 10.6 Å². The van der Waals surface area contributed by atoms with Gasteiger partial charge in [-0.15, -0.1) is 0 Å². The van der Waals surface area contributed by atoms with Gasteiger partial charge in [0.05, 0.1) is 22.8 Å². The van der Waals surface area contributed by atoms with Gasteiger partial charge >= 0.3 is 6.03 Å². The van der Waals surface area contributed by atoms with Crippen molar-refractivity contribution in [3.8, 4) is 5.69 Å². The van der Waals surface area contributed by atoms with Crippen LogP contribution in [0.15, 0.2) is 48.5 Å². The fraction of sp³-hybridized carbons (Fsp3) is 0.158. The smallest absolute Gasteiger partial charge is 0.308 e. The minimum Gasteiger partial charge on any atom is -0.308 e. The molecule has 0 aliphatic heterocycles. The Morgan fingerprint density at radius 2 is 1.60 bits per heavy atom. The summed E-state index contributed by atoms with van der Waals surface area (Å²) in [6.07, 6.45) is 0. The molecule has 0 aliphatic carbocycles. The molecule has 5 nitrogen and oxygen atoms in total. The second kappa shape index (κ2) is 6.99. The second-order valence-corrected chi connectivity index (χ2v) is 6.32. The van der Waals surface area contributed by atoms with E-state index in [1.165, 1.54) is 5.56 Å².